The molecule has 0 spiro atoms. The molecule has 1 aliphatic heterocycles. The van der Waals surface area contributed by atoms with E-state index in [1.54, 1.807) is 11.0 Å². The minimum atomic E-state index is -0.270. The largest absolute Gasteiger partial charge is 0.355 e. The van der Waals surface area contributed by atoms with Gasteiger partial charge in [-0.15, -0.1) is 0 Å². The highest BCUT2D eigenvalue weighted by Crippen LogP contribution is 2.17. The highest BCUT2D eigenvalue weighted by Gasteiger charge is 2.32. The van der Waals surface area contributed by atoms with Gasteiger partial charge in [-0.2, -0.15) is 0 Å². The Balaban J connectivity index is 1.77. The third-order valence-corrected chi connectivity index (χ3v) is 3.57. The highest BCUT2D eigenvalue weighted by molar-refractivity contribution is 5.89. The number of amides is 2. The van der Waals surface area contributed by atoms with Crippen LogP contribution in [0.3, 0.4) is 0 Å². The summed E-state index contributed by atoms with van der Waals surface area (Å²) >= 11 is 0. The molecule has 2 rings (SSSR count). The van der Waals surface area contributed by atoms with Crippen molar-refractivity contribution >= 4 is 11.8 Å². The lowest BCUT2D eigenvalue weighted by Gasteiger charge is -2.13. The van der Waals surface area contributed by atoms with E-state index in [0.29, 0.717) is 32.5 Å². The van der Waals surface area contributed by atoms with Gasteiger partial charge in [0.1, 0.15) is 5.82 Å². The lowest BCUT2D eigenvalue weighted by Crippen LogP contribution is -2.34. The summed E-state index contributed by atoms with van der Waals surface area (Å²) in [5.41, 5.74) is 0.850. The lowest BCUT2D eigenvalue weighted by molar-refractivity contribution is -0.128. The quantitative estimate of drug-likeness (QED) is 0.884. The third kappa shape index (κ3) is 3.56. The van der Waals surface area contributed by atoms with Gasteiger partial charge in [-0.25, -0.2) is 4.39 Å². The summed E-state index contributed by atoms with van der Waals surface area (Å²) in [7, 11) is 0. The van der Waals surface area contributed by atoms with Crippen LogP contribution in [0, 0.1) is 11.7 Å². The van der Waals surface area contributed by atoms with E-state index in [4.69, 9.17) is 0 Å². The van der Waals surface area contributed by atoms with Crippen molar-refractivity contribution in [1.29, 1.82) is 0 Å². The maximum atomic E-state index is 13.0. The zero-order chi connectivity index (χ0) is 14.5. The van der Waals surface area contributed by atoms with Crippen molar-refractivity contribution in [1.82, 2.24) is 10.2 Å². The number of benzene rings is 1. The Morgan fingerprint density at radius 3 is 2.95 bits per heavy atom. The van der Waals surface area contributed by atoms with E-state index in [1.165, 1.54) is 12.1 Å². The molecular formula is C15H19FN2O2. The normalized spacial score (nSPS) is 18.4. The van der Waals surface area contributed by atoms with E-state index < -0.39 is 0 Å². The van der Waals surface area contributed by atoms with Crippen molar-refractivity contribution < 1.29 is 14.0 Å². The van der Waals surface area contributed by atoms with Crippen molar-refractivity contribution in [3.63, 3.8) is 0 Å². The second-order valence-corrected chi connectivity index (χ2v) is 5.00. The SMILES string of the molecule is CCN1C[C@@H](C(=O)NCCc2cccc(F)c2)CC1=O. The molecule has 5 heteroatoms. The molecule has 1 N–H and O–H groups in total. The van der Waals surface area contributed by atoms with Gasteiger partial charge in [-0.3, -0.25) is 9.59 Å². The molecule has 0 bridgehead atoms. The zero-order valence-corrected chi connectivity index (χ0v) is 11.6. The van der Waals surface area contributed by atoms with Gasteiger partial charge in [-0.05, 0) is 31.0 Å². The van der Waals surface area contributed by atoms with Gasteiger partial charge in [-0.1, -0.05) is 12.1 Å². The molecule has 1 aromatic rings. The first-order chi connectivity index (χ1) is 9.60. The second kappa shape index (κ2) is 6.50. The van der Waals surface area contributed by atoms with Crippen LogP contribution in [0.2, 0.25) is 0 Å². The van der Waals surface area contributed by atoms with Crippen molar-refractivity contribution in [3.8, 4) is 0 Å². The van der Waals surface area contributed by atoms with Gasteiger partial charge in [0.2, 0.25) is 11.8 Å². The topological polar surface area (TPSA) is 49.4 Å². The Morgan fingerprint density at radius 1 is 1.50 bits per heavy atom. The van der Waals surface area contributed by atoms with Gasteiger partial charge >= 0.3 is 0 Å². The van der Waals surface area contributed by atoms with Crippen LogP contribution < -0.4 is 5.32 Å². The number of nitrogens with zero attached hydrogens (tertiary/aromatic N) is 1. The number of halogens is 1. The molecule has 1 atom stereocenters. The Kier molecular flexibility index (Phi) is 4.71. The molecule has 4 nitrogen and oxygen atoms in total. The predicted octanol–water partition coefficient (Wildman–Crippen LogP) is 1.35. The van der Waals surface area contributed by atoms with E-state index in [0.717, 1.165) is 5.56 Å². The number of carbonyl (C=O) groups is 2. The monoisotopic (exact) mass is 278 g/mol. The van der Waals surface area contributed by atoms with Gasteiger partial charge in [0.25, 0.3) is 0 Å². The number of hydrogen-bond donors (Lipinski definition) is 1. The highest BCUT2D eigenvalue weighted by atomic mass is 19.1. The first kappa shape index (κ1) is 14.5. The van der Waals surface area contributed by atoms with Crippen LogP contribution in [0.15, 0.2) is 24.3 Å². The third-order valence-electron chi connectivity index (χ3n) is 3.57. The summed E-state index contributed by atoms with van der Waals surface area (Å²) in [6.07, 6.45) is 0.876. The molecule has 0 unspecified atom stereocenters. The van der Waals surface area contributed by atoms with Crippen LogP contribution in [0.5, 0.6) is 0 Å². The van der Waals surface area contributed by atoms with Crippen LogP contribution in [0.1, 0.15) is 18.9 Å². The summed E-state index contributed by atoms with van der Waals surface area (Å²) in [5, 5.41) is 2.82. The van der Waals surface area contributed by atoms with Crippen molar-refractivity contribution in [2.24, 2.45) is 5.92 Å². The number of likely N-dealkylation sites (tertiary alicyclic amines) is 1. The lowest BCUT2D eigenvalue weighted by atomic mass is 10.1. The average Bonchev–Trinajstić information content (AvgIpc) is 2.80. The Morgan fingerprint density at radius 2 is 2.30 bits per heavy atom. The molecule has 1 fully saturated rings. The molecular weight excluding hydrogens is 259 g/mol. The number of rotatable bonds is 5. The van der Waals surface area contributed by atoms with Crippen LogP contribution in [-0.2, 0) is 16.0 Å². The van der Waals surface area contributed by atoms with E-state index >= 15 is 0 Å². The minimum absolute atomic E-state index is 0.0396. The van der Waals surface area contributed by atoms with E-state index in [9.17, 15) is 14.0 Å². The molecule has 1 aromatic carbocycles. The van der Waals surface area contributed by atoms with Gasteiger partial charge in [0, 0.05) is 26.1 Å². The summed E-state index contributed by atoms with van der Waals surface area (Å²) in [4.78, 5) is 25.2. The molecule has 1 aliphatic rings. The molecule has 1 heterocycles. The summed E-state index contributed by atoms with van der Waals surface area (Å²) < 4.78 is 13.0. The fourth-order valence-electron chi connectivity index (χ4n) is 2.42. The van der Waals surface area contributed by atoms with Crippen LogP contribution >= 0.6 is 0 Å². The summed E-state index contributed by atoms with van der Waals surface area (Å²) in [5.74, 6) is -0.577. The smallest absolute Gasteiger partial charge is 0.225 e. The summed E-state index contributed by atoms with van der Waals surface area (Å²) in [6, 6.07) is 6.34. The molecule has 2 amide bonds. The molecule has 0 radical (unpaired) electrons. The van der Waals surface area contributed by atoms with Gasteiger partial charge < -0.3 is 10.2 Å². The minimum Gasteiger partial charge on any atom is -0.355 e. The van der Waals surface area contributed by atoms with Crippen LogP contribution in [-0.4, -0.2) is 36.3 Å². The molecule has 108 valence electrons. The first-order valence-corrected chi connectivity index (χ1v) is 6.90. The Labute approximate surface area is 118 Å². The number of hydrogen-bond acceptors (Lipinski definition) is 2. The fraction of sp³-hybridized carbons (Fsp3) is 0.467. The molecule has 20 heavy (non-hydrogen) atoms. The summed E-state index contributed by atoms with van der Waals surface area (Å²) in [6.45, 7) is 3.51. The van der Waals surface area contributed by atoms with Crippen molar-refractivity contribution in [2.75, 3.05) is 19.6 Å². The van der Waals surface area contributed by atoms with Crippen molar-refractivity contribution in [2.45, 2.75) is 19.8 Å². The molecule has 0 aliphatic carbocycles. The Hall–Kier alpha value is -1.91. The second-order valence-electron chi connectivity index (χ2n) is 5.00. The van der Waals surface area contributed by atoms with Crippen molar-refractivity contribution in [3.05, 3.63) is 35.6 Å². The van der Waals surface area contributed by atoms with Gasteiger partial charge in [0.15, 0.2) is 0 Å². The van der Waals surface area contributed by atoms with E-state index in [-0.39, 0.29) is 23.5 Å². The molecule has 0 aromatic heterocycles. The molecule has 0 saturated carbocycles. The Bertz CT molecular complexity index is 504. The van der Waals surface area contributed by atoms with E-state index in [1.807, 2.05) is 13.0 Å². The standard InChI is InChI=1S/C15H19FN2O2/c1-2-18-10-12(9-14(18)19)15(20)17-7-6-11-4-3-5-13(16)8-11/h3-5,8,12H,2,6-7,9-10H2,1H3,(H,17,20)/t12-/m0/s1. The molecule has 1 saturated heterocycles. The fourth-order valence-corrected chi connectivity index (χ4v) is 2.42. The van der Waals surface area contributed by atoms with E-state index in [2.05, 4.69) is 5.32 Å². The number of carbonyl (C=O) groups excluding carboxylic acids is 2. The van der Waals surface area contributed by atoms with Gasteiger partial charge in [0.05, 0.1) is 5.92 Å². The predicted molar refractivity (Wildman–Crippen MR) is 73.5 cm³/mol. The number of nitrogens with one attached hydrogen (secondary N) is 1. The average molecular weight is 278 g/mol. The maximum Gasteiger partial charge on any atom is 0.225 e. The zero-order valence-electron chi connectivity index (χ0n) is 11.6. The van der Waals surface area contributed by atoms with Crippen LogP contribution in [0.25, 0.3) is 0 Å². The maximum absolute atomic E-state index is 13.0. The first-order valence-electron chi connectivity index (χ1n) is 6.90. The van der Waals surface area contributed by atoms with Crippen LogP contribution in [0.4, 0.5) is 4.39 Å².